The Kier molecular flexibility index (Phi) is 3.42. The van der Waals surface area contributed by atoms with E-state index in [-0.39, 0.29) is 16.6 Å². The molecule has 1 saturated heterocycles. The van der Waals surface area contributed by atoms with E-state index in [1.165, 1.54) is 11.3 Å². The number of nitrogens with one attached hydrogen (secondary N) is 1. The largest absolute Gasteiger partial charge is 0.507 e. The number of ketones is 1. The smallest absolute Gasteiger partial charge is 0.186 e. The first-order valence-electron chi connectivity index (χ1n) is 5.86. The Hall–Kier alpha value is -1.92. The number of thiazole rings is 1. The average Bonchev–Trinajstić information content (AvgIpc) is 3.02. The number of rotatable bonds is 2. The highest BCUT2D eigenvalue weighted by Gasteiger charge is 2.38. The fraction of sp³-hybridized carbons (Fsp3) is 0.0714. The Labute approximate surface area is 123 Å². The number of hydrogen-bond acceptors (Lipinski definition) is 6. The summed E-state index contributed by atoms with van der Waals surface area (Å²) in [5, 5.41) is 20.4. The molecule has 4 nitrogen and oxygen atoms in total. The molecule has 0 bridgehead atoms. The molecule has 3 rings (SSSR count). The van der Waals surface area contributed by atoms with Crippen LogP contribution in [-0.2, 0) is 4.79 Å². The van der Waals surface area contributed by atoms with Gasteiger partial charge >= 0.3 is 0 Å². The maximum absolute atomic E-state index is 12.4. The summed E-state index contributed by atoms with van der Waals surface area (Å²) >= 11 is 2.51. The quantitative estimate of drug-likeness (QED) is 0.835. The average molecular weight is 302 g/mol. The zero-order valence-corrected chi connectivity index (χ0v) is 11.9. The van der Waals surface area contributed by atoms with Gasteiger partial charge in [0.1, 0.15) is 16.7 Å². The third kappa shape index (κ3) is 2.28. The van der Waals surface area contributed by atoms with E-state index in [2.05, 4.69) is 4.98 Å². The van der Waals surface area contributed by atoms with Crippen molar-refractivity contribution in [1.82, 2.24) is 4.98 Å². The Morgan fingerprint density at radius 1 is 1.35 bits per heavy atom. The first-order valence-corrected chi connectivity index (χ1v) is 7.56. The van der Waals surface area contributed by atoms with Gasteiger partial charge in [-0.2, -0.15) is 0 Å². The van der Waals surface area contributed by atoms with E-state index in [0.29, 0.717) is 15.5 Å². The summed E-state index contributed by atoms with van der Waals surface area (Å²) in [6, 6.07) is 6.82. The van der Waals surface area contributed by atoms with Crippen LogP contribution in [0.25, 0.3) is 6.08 Å². The zero-order chi connectivity index (χ0) is 14.1. The number of carbonyl (C=O) groups excluding carboxylic acids is 1. The van der Waals surface area contributed by atoms with Crippen molar-refractivity contribution in [2.24, 2.45) is 0 Å². The van der Waals surface area contributed by atoms with E-state index in [1.54, 1.807) is 41.9 Å². The second-order valence-corrected chi connectivity index (χ2v) is 6.21. The molecule has 0 aliphatic carbocycles. The second-order valence-electron chi connectivity index (χ2n) is 4.20. The van der Waals surface area contributed by atoms with Gasteiger partial charge in [-0.25, -0.2) is 4.98 Å². The monoisotopic (exact) mass is 302 g/mol. The molecule has 1 fully saturated rings. The van der Waals surface area contributed by atoms with Crippen molar-refractivity contribution in [3.05, 3.63) is 51.3 Å². The van der Waals surface area contributed by atoms with Crippen LogP contribution in [0.4, 0.5) is 0 Å². The van der Waals surface area contributed by atoms with Crippen LogP contribution < -0.4 is 0 Å². The molecule has 0 spiro atoms. The number of allylic oxidation sites excluding steroid dienone is 1. The van der Waals surface area contributed by atoms with E-state index in [9.17, 15) is 9.90 Å². The lowest BCUT2D eigenvalue weighted by Gasteiger charge is -2.01. The van der Waals surface area contributed by atoms with E-state index >= 15 is 0 Å². The van der Waals surface area contributed by atoms with E-state index < -0.39 is 5.92 Å². The molecule has 1 aliphatic heterocycles. The Morgan fingerprint density at radius 2 is 2.15 bits per heavy atom. The van der Waals surface area contributed by atoms with E-state index in [4.69, 9.17) is 5.41 Å². The normalized spacial score (nSPS) is 20.8. The number of nitrogens with zero attached hydrogens (tertiary/aromatic N) is 1. The molecular weight excluding hydrogens is 292 g/mol. The van der Waals surface area contributed by atoms with Gasteiger partial charge in [0.25, 0.3) is 0 Å². The van der Waals surface area contributed by atoms with Crippen molar-refractivity contribution >= 4 is 40.0 Å². The summed E-state index contributed by atoms with van der Waals surface area (Å²) in [5.41, 5.74) is 0.580. The van der Waals surface area contributed by atoms with Gasteiger partial charge in [-0.05, 0) is 12.1 Å². The summed E-state index contributed by atoms with van der Waals surface area (Å²) in [7, 11) is 0. The molecule has 0 amide bonds. The SMILES string of the molecule is N=C1S/C(=C\c2ccccc2O)C(=O)[C@H]1c1nccs1. The van der Waals surface area contributed by atoms with Crippen LogP contribution in [0.1, 0.15) is 16.5 Å². The highest BCUT2D eigenvalue weighted by molar-refractivity contribution is 8.19. The van der Waals surface area contributed by atoms with Crippen molar-refractivity contribution in [1.29, 1.82) is 5.41 Å². The fourth-order valence-electron chi connectivity index (χ4n) is 1.94. The Morgan fingerprint density at radius 3 is 2.85 bits per heavy atom. The molecule has 2 N–H and O–H groups in total. The predicted octanol–water partition coefficient (Wildman–Crippen LogP) is 3.27. The highest BCUT2D eigenvalue weighted by Crippen LogP contribution is 2.41. The second kappa shape index (κ2) is 5.22. The van der Waals surface area contributed by atoms with Gasteiger partial charge in [-0.3, -0.25) is 10.2 Å². The Balaban J connectivity index is 1.96. The first kappa shape index (κ1) is 13.1. The third-order valence-corrected chi connectivity index (χ3v) is 4.74. The van der Waals surface area contributed by atoms with Crippen LogP contribution in [0.2, 0.25) is 0 Å². The minimum atomic E-state index is -0.586. The van der Waals surface area contributed by atoms with Crippen LogP contribution in [0.3, 0.4) is 0 Å². The molecule has 0 radical (unpaired) electrons. The number of carbonyl (C=O) groups is 1. The van der Waals surface area contributed by atoms with Crippen molar-refractivity contribution in [3.8, 4) is 5.75 Å². The van der Waals surface area contributed by atoms with Crippen LogP contribution in [0.15, 0.2) is 40.7 Å². The molecule has 100 valence electrons. The number of benzene rings is 1. The molecule has 2 heterocycles. The maximum Gasteiger partial charge on any atom is 0.186 e. The molecule has 1 atom stereocenters. The van der Waals surface area contributed by atoms with Crippen LogP contribution in [0.5, 0.6) is 5.75 Å². The number of hydrogen-bond donors (Lipinski definition) is 2. The van der Waals surface area contributed by atoms with Crippen molar-refractivity contribution in [2.45, 2.75) is 5.92 Å². The molecule has 1 aromatic carbocycles. The standard InChI is InChI=1S/C14H10N2O2S2/c15-13-11(14-16-5-6-19-14)12(18)10(20-13)7-8-3-1-2-4-9(8)17/h1-7,11,15,17H/b10-7-,15-13?/t11-/m1/s1. The predicted molar refractivity (Wildman–Crippen MR) is 81.3 cm³/mol. The van der Waals surface area contributed by atoms with Crippen LogP contribution in [0, 0.1) is 5.41 Å². The van der Waals surface area contributed by atoms with E-state index in [1.807, 2.05) is 0 Å². The molecule has 20 heavy (non-hydrogen) atoms. The van der Waals surface area contributed by atoms with Gasteiger partial charge in [0, 0.05) is 17.1 Å². The van der Waals surface area contributed by atoms with Gasteiger partial charge in [-0.1, -0.05) is 30.0 Å². The van der Waals surface area contributed by atoms with Gasteiger partial charge < -0.3 is 5.11 Å². The molecule has 0 saturated carbocycles. The number of aromatic hydroxyl groups is 1. The number of phenols is 1. The number of thioether (sulfide) groups is 1. The Bertz CT molecular complexity index is 708. The van der Waals surface area contributed by atoms with Crippen molar-refractivity contribution < 1.29 is 9.90 Å². The highest BCUT2D eigenvalue weighted by atomic mass is 32.2. The molecular formula is C14H10N2O2S2. The minimum Gasteiger partial charge on any atom is -0.507 e. The summed E-state index contributed by atoms with van der Waals surface area (Å²) < 4.78 is 0. The first-order chi connectivity index (χ1) is 9.66. The number of Topliss-reactive ketones (excluding diaryl/α,β-unsaturated/α-hetero) is 1. The maximum atomic E-state index is 12.4. The minimum absolute atomic E-state index is 0.123. The van der Waals surface area contributed by atoms with Gasteiger partial charge in [-0.15, -0.1) is 11.3 Å². The molecule has 1 aliphatic rings. The van der Waals surface area contributed by atoms with Crippen LogP contribution >= 0.6 is 23.1 Å². The lowest BCUT2D eigenvalue weighted by atomic mass is 10.0. The van der Waals surface area contributed by atoms with Crippen molar-refractivity contribution in [3.63, 3.8) is 0 Å². The molecule has 6 heteroatoms. The van der Waals surface area contributed by atoms with Gasteiger partial charge in [0.15, 0.2) is 5.78 Å². The lowest BCUT2D eigenvalue weighted by Crippen LogP contribution is -2.11. The summed E-state index contributed by atoms with van der Waals surface area (Å²) in [6.07, 6.45) is 3.26. The van der Waals surface area contributed by atoms with Crippen molar-refractivity contribution in [2.75, 3.05) is 0 Å². The lowest BCUT2D eigenvalue weighted by molar-refractivity contribution is -0.114. The number of phenolic OH excluding ortho intramolecular Hbond substituents is 1. The number of para-hydroxylation sites is 1. The zero-order valence-electron chi connectivity index (χ0n) is 10.2. The summed E-state index contributed by atoms with van der Waals surface area (Å²) in [5.74, 6) is -0.590. The third-order valence-electron chi connectivity index (χ3n) is 2.91. The number of aromatic nitrogens is 1. The summed E-state index contributed by atoms with van der Waals surface area (Å²) in [4.78, 5) is 17.0. The van der Waals surface area contributed by atoms with Gasteiger partial charge in [0.2, 0.25) is 0 Å². The topological polar surface area (TPSA) is 74.0 Å². The van der Waals surface area contributed by atoms with Gasteiger partial charge in [0.05, 0.1) is 9.95 Å². The molecule has 0 unspecified atom stereocenters. The van der Waals surface area contributed by atoms with E-state index in [0.717, 1.165) is 11.8 Å². The molecule has 2 aromatic rings. The fourth-order valence-corrected chi connectivity index (χ4v) is 3.74. The van der Waals surface area contributed by atoms with Crippen LogP contribution in [-0.4, -0.2) is 20.9 Å². The molecule has 1 aromatic heterocycles. The summed E-state index contributed by atoms with van der Waals surface area (Å²) in [6.45, 7) is 0.